The Labute approximate surface area is 262 Å². The smallest absolute Gasteiger partial charge is 0.165 e. The molecule has 0 spiro atoms. The number of para-hydroxylation sites is 4. The molecule has 5 nitrogen and oxygen atoms in total. The summed E-state index contributed by atoms with van der Waals surface area (Å²) in [6.45, 7) is 0. The van der Waals surface area contributed by atoms with Gasteiger partial charge in [-0.25, -0.2) is 9.97 Å². The van der Waals surface area contributed by atoms with Crippen molar-refractivity contribution in [3.8, 4) is 22.8 Å². The van der Waals surface area contributed by atoms with Crippen LogP contribution < -0.4 is 0 Å². The van der Waals surface area contributed by atoms with Gasteiger partial charge in [0, 0.05) is 33.6 Å². The highest BCUT2D eigenvalue weighted by Gasteiger charge is 2.27. The second kappa shape index (κ2) is 9.39. The molecule has 5 aromatic carbocycles. The van der Waals surface area contributed by atoms with Gasteiger partial charge < -0.3 is 4.57 Å². The Kier molecular flexibility index (Phi) is 5.43. The van der Waals surface area contributed by atoms with Gasteiger partial charge in [0.25, 0.3) is 0 Å². The van der Waals surface area contributed by atoms with Crippen molar-refractivity contribution in [2.75, 3.05) is 0 Å². The van der Waals surface area contributed by atoms with Crippen molar-refractivity contribution in [1.29, 1.82) is 0 Å². The molecule has 0 aliphatic rings. The van der Waals surface area contributed by atoms with Crippen LogP contribution in [0.1, 0.15) is 0 Å². The van der Waals surface area contributed by atoms with Gasteiger partial charge in [-0.2, -0.15) is 0 Å². The lowest BCUT2D eigenvalue weighted by Crippen LogP contribution is -2.01. The fraction of sp³-hybridized carbons (Fsp3) is 0. The number of aromatic nitrogens is 5. The first kappa shape index (κ1) is 24.8. The zero-order chi connectivity index (χ0) is 28.7. The predicted octanol–water partition coefficient (Wildman–Crippen LogP) is 10.1. The van der Waals surface area contributed by atoms with Crippen LogP contribution in [0.4, 0.5) is 0 Å². The SMILES string of the molecule is Brc1cc(Br)nc(-c2c3c(cc4c2n(-c2ccccc2)c2cc5ccccc5n42)c2ccccc2n3-c2ccccc2)n1. The number of halogens is 2. The molecule has 0 N–H and O–H groups in total. The third-order valence-corrected chi connectivity index (χ3v) is 9.02. The Morgan fingerprint density at radius 3 is 1.81 bits per heavy atom. The molecule has 0 aliphatic carbocycles. The Morgan fingerprint density at radius 1 is 0.488 bits per heavy atom. The topological polar surface area (TPSA) is 40.0 Å². The summed E-state index contributed by atoms with van der Waals surface area (Å²) < 4.78 is 8.52. The van der Waals surface area contributed by atoms with Crippen molar-refractivity contribution in [2.45, 2.75) is 0 Å². The maximum atomic E-state index is 5.00. The molecule has 0 radical (unpaired) electrons. The second-order valence-corrected chi connectivity index (χ2v) is 12.2. The third kappa shape index (κ3) is 3.62. The molecule has 204 valence electrons. The van der Waals surface area contributed by atoms with E-state index in [0.29, 0.717) is 15.0 Å². The Balaban J connectivity index is 1.63. The van der Waals surface area contributed by atoms with E-state index >= 15 is 0 Å². The highest BCUT2D eigenvalue weighted by molar-refractivity contribution is 9.11. The summed E-state index contributed by atoms with van der Waals surface area (Å²) in [5.74, 6) is 0.638. The van der Waals surface area contributed by atoms with E-state index < -0.39 is 0 Å². The Hall–Kier alpha value is -4.72. The Morgan fingerprint density at radius 2 is 1.09 bits per heavy atom. The molecule has 4 aromatic heterocycles. The molecule has 0 atom stereocenters. The van der Waals surface area contributed by atoms with Gasteiger partial charge in [-0.1, -0.05) is 72.8 Å². The quantitative estimate of drug-likeness (QED) is 0.174. The summed E-state index contributed by atoms with van der Waals surface area (Å²) in [4.78, 5) is 10.0. The van der Waals surface area contributed by atoms with Crippen molar-refractivity contribution < 1.29 is 0 Å². The summed E-state index contributed by atoms with van der Waals surface area (Å²) in [5.41, 5.74) is 9.69. The fourth-order valence-corrected chi connectivity index (χ4v) is 7.65. The van der Waals surface area contributed by atoms with E-state index in [2.05, 4.69) is 167 Å². The Bertz CT molecular complexity index is 2500. The van der Waals surface area contributed by atoms with Crippen LogP contribution in [0.3, 0.4) is 0 Å². The van der Waals surface area contributed by atoms with Crippen molar-refractivity contribution in [1.82, 2.24) is 23.5 Å². The zero-order valence-corrected chi connectivity index (χ0v) is 25.8. The summed E-state index contributed by atoms with van der Waals surface area (Å²) >= 11 is 7.32. The number of imidazole rings is 1. The molecule has 43 heavy (non-hydrogen) atoms. The minimum Gasteiger partial charge on any atom is -0.308 e. The van der Waals surface area contributed by atoms with E-state index in [0.717, 1.165) is 55.6 Å². The van der Waals surface area contributed by atoms with E-state index in [1.165, 1.54) is 10.8 Å². The summed E-state index contributed by atoms with van der Waals surface area (Å²) in [5, 5.41) is 3.51. The first-order chi connectivity index (χ1) is 21.2. The summed E-state index contributed by atoms with van der Waals surface area (Å²) in [6.07, 6.45) is 0. The number of benzene rings is 5. The van der Waals surface area contributed by atoms with Crippen LogP contribution in [0.2, 0.25) is 0 Å². The van der Waals surface area contributed by atoms with Gasteiger partial charge in [0.05, 0.1) is 33.1 Å². The largest absolute Gasteiger partial charge is 0.308 e. The van der Waals surface area contributed by atoms with Crippen LogP contribution in [0.25, 0.3) is 72.2 Å². The molecule has 0 aliphatic heterocycles. The van der Waals surface area contributed by atoms with E-state index in [1.54, 1.807) is 0 Å². The zero-order valence-electron chi connectivity index (χ0n) is 22.6. The number of rotatable bonds is 3. The molecule has 0 fully saturated rings. The molecule has 0 amide bonds. The molecule has 0 saturated heterocycles. The number of hydrogen-bond acceptors (Lipinski definition) is 2. The minimum absolute atomic E-state index is 0.638. The van der Waals surface area contributed by atoms with E-state index in [4.69, 9.17) is 9.97 Å². The summed E-state index contributed by atoms with van der Waals surface area (Å²) in [6, 6.07) is 44.8. The van der Waals surface area contributed by atoms with Gasteiger partial charge >= 0.3 is 0 Å². The van der Waals surface area contributed by atoms with E-state index in [1.807, 2.05) is 6.07 Å². The first-order valence-corrected chi connectivity index (χ1v) is 15.6. The molecule has 4 heterocycles. The molecule has 0 saturated carbocycles. The van der Waals surface area contributed by atoms with Gasteiger partial charge in [-0.05, 0) is 80.4 Å². The van der Waals surface area contributed by atoms with Crippen LogP contribution in [-0.2, 0) is 0 Å². The fourth-order valence-electron chi connectivity index (χ4n) is 6.57. The molecular weight excluding hydrogens is 662 g/mol. The van der Waals surface area contributed by atoms with Gasteiger partial charge in [0.15, 0.2) is 5.82 Å². The van der Waals surface area contributed by atoms with Gasteiger partial charge in [-0.3, -0.25) is 8.97 Å². The van der Waals surface area contributed by atoms with E-state index in [9.17, 15) is 0 Å². The van der Waals surface area contributed by atoms with Crippen molar-refractivity contribution in [3.63, 3.8) is 0 Å². The number of fused-ring (bicyclic) bond motifs is 8. The summed E-state index contributed by atoms with van der Waals surface area (Å²) in [7, 11) is 0. The van der Waals surface area contributed by atoms with Gasteiger partial charge in [0.1, 0.15) is 14.9 Å². The van der Waals surface area contributed by atoms with Crippen LogP contribution in [0, 0.1) is 0 Å². The average molecular weight is 683 g/mol. The predicted molar refractivity (Wildman–Crippen MR) is 183 cm³/mol. The van der Waals surface area contributed by atoms with Crippen molar-refractivity contribution in [2.24, 2.45) is 0 Å². The highest BCUT2D eigenvalue weighted by atomic mass is 79.9. The highest BCUT2D eigenvalue weighted by Crippen LogP contribution is 2.45. The molecule has 9 rings (SSSR count). The molecule has 7 heteroatoms. The van der Waals surface area contributed by atoms with Gasteiger partial charge in [0.2, 0.25) is 0 Å². The monoisotopic (exact) mass is 681 g/mol. The van der Waals surface area contributed by atoms with Crippen LogP contribution >= 0.6 is 31.9 Å². The minimum atomic E-state index is 0.638. The molecule has 9 aromatic rings. The maximum Gasteiger partial charge on any atom is 0.165 e. The lowest BCUT2D eigenvalue weighted by atomic mass is 10.0. The van der Waals surface area contributed by atoms with E-state index in [-0.39, 0.29) is 0 Å². The maximum absolute atomic E-state index is 5.00. The lowest BCUT2D eigenvalue weighted by Gasteiger charge is -2.15. The van der Waals surface area contributed by atoms with Gasteiger partial charge in [-0.15, -0.1) is 0 Å². The van der Waals surface area contributed by atoms with Crippen LogP contribution in [-0.4, -0.2) is 23.5 Å². The molecular formula is C36H21Br2N5. The average Bonchev–Trinajstić information content (AvgIpc) is 3.67. The second-order valence-electron chi connectivity index (χ2n) is 10.6. The third-order valence-electron chi connectivity index (χ3n) is 8.21. The van der Waals surface area contributed by atoms with Crippen LogP contribution in [0.15, 0.2) is 137 Å². The standard InChI is InChI=1S/C36H21Br2N5/c37-30-21-31(38)40-36(39-30)33-34-26(25-16-8-10-18-28(25)41(34)23-12-3-1-4-13-23)20-29-35(33)42(24-14-5-2-6-15-24)32-19-22-11-7-9-17-27(22)43(29)32/h1-21H. The van der Waals surface area contributed by atoms with Crippen molar-refractivity contribution >= 4 is 81.2 Å². The first-order valence-electron chi connectivity index (χ1n) is 14.0. The molecule has 0 bridgehead atoms. The number of nitrogens with zero attached hydrogens (tertiary/aromatic N) is 5. The number of hydrogen-bond donors (Lipinski definition) is 0. The normalized spacial score (nSPS) is 12.0. The lowest BCUT2D eigenvalue weighted by molar-refractivity contribution is 1.10. The van der Waals surface area contributed by atoms with Crippen LogP contribution in [0.5, 0.6) is 0 Å². The van der Waals surface area contributed by atoms with Crippen molar-refractivity contribution in [3.05, 3.63) is 137 Å². The molecule has 0 unspecified atom stereocenters.